The van der Waals surface area contributed by atoms with Gasteiger partial charge in [0.2, 0.25) is 5.91 Å². The van der Waals surface area contributed by atoms with Crippen molar-refractivity contribution in [3.63, 3.8) is 0 Å². The Bertz CT molecular complexity index is 1190. The monoisotopic (exact) mass is 453 g/mol. The number of nitrogens with zero attached hydrogens (tertiary/aromatic N) is 4. The molecule has 33 heavy (non-hydrogen) atoms. The number of nitrogens with one attached hydrogen (secondary N) is 1. The number of fused-ring (bicyclic) bond motifs is 1. The van der Waals surface area contributed by atoms with Gasteiger partial charge in [0, 0.05) is 36.7 Å². The lowest BCUT2D eigenvalue weighted by Gasteiger charge is -2.25. The van der Waals surface area contributed by atoms with E-state index < -0.39 is 6.17 Å². The molecule has 1 amide bonds. The number of alkyl halides is 1. The molecule has 0 bridgehead atoms. The van der Waals surface area contributed by atoms with Gasteiger partial charge >= 0.3 is 0 Å². The summed E-state index contributed by atoms with van der Waals surface area (Å²) in [5.41, 5.74) is 1.93. The normalized spacial score (nSPS) is 17.9. The molecule has 170 valence electrons. The number of hydrogen-bond acceptors (Lipinski definition) is 4. The molecule has 0 saturated carbocycles. The van der Waals surface area contributed by atoms with Crippen molar-refractivity contribution in [3.8, 4) is 11.3 Å². The Morgan fingerprint density at radius 2 is 1.73 bits per heavy atom. The number of anilines is 2. The lowest BCUT2D eigenvalue weighted by Crippen LogP contribution is -2.38. The summed E-state index contributed by atoms with van der Waals surface area (Å²) in [6.07, 6.45) is 2.97. The van der Waals surface area contributed by atoms with Crippen molar-refractivity contribution in [1.82, 2.24) is 19.4 Å². The van der Waals surface area contributed by atoms with Crippen LogP contribution >= 0.6 is 0 Å². The van der Waals surface area contributed by atoms with E-state index >= 15 is 0 Å². The molecule has 2 aliphatic rings. The minimum atomic E-state index is -0.882. The fraction of sp³-hybridized carbons (Fsp3) is 0.250. The standard InChI is InChI=1S/C24H22F3N5O/c25-17-3-1-16(2-4-17)23-24(28-20-7-5-18(26)6-8-20)32-12-11-31(14-21(32)29-23)22(33)15-30-10-9-19(27)13-30/h1-8,11-12,19,28H,9-10,13-15H2. The minimum Gasteiger partial charge on any atom is -0.339 e. The Balaban J connectivity index is 1.44. The van der Waals surface area contributed by atoms with E-state index in [1.54, 1.807) is 41.6 Å². The van der Waals surface area contributed by atoms with Crippen LogP contribution in [0.25, 0.3) is 17.5 Å². The van der Waals surface area contributed by atoms with Gasteiger partial charge in [0.1, 0.15) is 35.1 Å². The van der Waals surface area contributed by atoms with Gasteiger partial charge < -0.3 is 10.2 Å². The summed E-state index contributed by atoms with van der Waals surface area (Å²) < 4.78 is 42.1. The van der Waals surface area contributed by atoms with Gasteiger partial charge in [-0.1, -0.05) is 0 Å². The van der Waals surface area contributed by atoms with E-state index in [1.165, 1.54) is 24.3 Å². The highest BCUT2D eigenvalue weighted by Gasteiger charge is 2.28. The average Bonchev–Trinajstić information content (AvgIpc) is 3.38. The largest absolute Gasteiger partial charge is 0.339 e. The zero-order valence-electron chi connectivity index (χ0n) is 17.7. The first-order chi connectivity index (χ1) is 16.0. The second-order valence-electron chi connectivity index (χ2n) is 8.17. The smallest absolute Gasteiger partial charge is 0.241 e. The van der Waals surface area contributed by atoms with E-state index in [0.717, 1.165) is 0 Å². The Morgan fingerprint density at radius 1 is 1.03 bits per heavy atom. The first-order valence-electron chi connectivity index (χ1n) is 10.7. The van der Waals surface area contributed by atoms with Crippen LogP contribution in [0.1, 0.15) is 12.2 Å². The van der Waals surface area contributed by atoms with E-state index in [2.05, 4.69) is 5.32 Å². The van der Waals surface area contributed by atoms with Crippen LogP contribution in [-0.4, -0.2) is 51.1 Å². The maximum Gasteiger partial charge on any atom is 0.241 e. The third kappa shape index (κ3) is 4.49. The Morgan fingerprint density at radius 3 is 2.39 bits per heavy atom. The number of hydrogen-bond donors (Lipinski definition) is 1. The highest BCUT2D eigenvalue weighted by molar-refractivity contribution is 5.82. The molecule has 3 heterocycles. The van der Waals surface area contributed by atoms with Crippen LogP contribution < -0.4 is 5.32 Å². The molecule has 6 nitrogen and oxygen atoms in total. The zero-order valence-corrected chi connectivity index (χ0v) is 17.7. The van der Waals surface area contributed by atoms with Crippen LogP contribution in [0, 0.1) is 11.6 Å². The topological polar surface area (TPSA) is 53.4 Å². The number of imidazole rings is 1. The second-order valence-corrected chi connectivity index (χ2v) is 8.17. The summed E-state index contributed by atoms with van der Waals surface area (Å²) in [5.74, 6) is 0.391. The van der Waals surface area contributed by atoms with E-state index in [1.807, 2.05) is 9.47 Å². The van der Waals surface area contributed by atoms with Gasteiger partial charge in [-0.3, -0.25) is 14.3 Å². The van der Waals surface area contributed by atoms with Crippen LogP contribution in [0.5, 0.6) is 0 Å². The van der Waals surface area contributed by atoms with Crippen LogP contribution in [0.4, 0.5) is 24.7 Å². The molecule has 0 spiro atoms. The summed E-state index contributed by atoms with van der Waals surface area (Å²) in [6.45, 7) is 1.23. The molecule has 1 fully saturated rings. The summed E-state index contributed by atoms with van der Waals surface area (Å²) in [4.78, 5) is 20.9. The number of halogens is 3. The fourth-order valence-electron chi connectivity index (χ4n) is 4.08. The summed E-state index contributed by atoms with van der Waals surface area (Å²) in [7, 11) is 0. The van der Waals surface area contributed by atoms with Crippen molar-refractivity contribution in [2.24, 2.45) is 0 Å². The number of carbonyl (C=O) groups excluding carboxylic acids is 1. The molecule has 1 unspecified atom stereocenters. The van der Waals surface area contributed by atoms with E-state index in [-0.39, 0.29) is 37.2 Å². The average molecular weight is 453 g/mol. The van der Waals surface area contributed by atoms with E-state index in [0.29, 0.717) is 41.6 Å². The maximum atomic E-state index is 13.5. The second kappa shape index (κ2) is 8.74. The van der Waals surface area contributed by atoms with Gasteiger partial charge in [0.05, 0.1) is 13.1 Å². The quantitative estimate of drug-likeness (QED) is 0.623. The summed E-state index contributed by atoms with van der Waals surface area (Å²) in [5, 5.41) is 3.26. The predicted octanol–water partition coefficient (Wildman–Crippen LogP) is 4.39. The highest BCUT2D eigenvalue weighted by atomic mass is 19.1. The third-order valence-electron chi connectivity index (χ3n) is 5.81. The predicted molar refractivity (Wildman–Crippen MR) is 119 cm³/mol. The maximum absolute atomic E-state index is 13.5. The minimum absolute atomic E-state index is 0.133. The molecule has 9 heteroatoms. The van der Waals surface area contributed by atoms with E-state index in [4.69, 9.17) is 4.98 Å². The Labute approximate surface area is 188 Å². The molecule has 3 aromatic rings. The molecule has 2 aliphatic heterocycles. The first kappa shape index (κ1) is 21.3. The van der Waals surface area contributed by atoms with Crippen molar-refractivity contribution in [3.05, 3.63) is 72.2 Å². The highest BCUT2D eigenvalue weighted by Crippen LogP contribution is 2.33. The van der Waals surface area contributed by atoms with Crippen LogP contribution in [-0.2, 0) is 11.3 Å². The van der Waals surface area contributed by atoms with Crippen LogP contribution in [0.3, 0.4) is 0 Å². The molecule has 0 aliphatic carbocycles. The number of carbonyl (C=O) groups is 1. The van der Waals surface area contributed by atoms with Gasteiger partial charge in [0.15, 0.2) is 0 Å². The van der Waals surface area contributed by atoms with Crippen molar-refractivity contribution in [2.75, 3.05) is 25.0 Å². The number of likely N-dealkylation sites (tertiary alicyclic amines) is 1. The fourth-order valence-corrected chi connectivity index (χ4v) is 4.08. The Kier molecular flexibility index (Phi) is 5.63. The molecule has 1 atom stereocenters. The summed E-state index contributed by atoms with van der Waals surface area (Å²) in [6, 6.07) is 11.9. The van der Waals surface area contributed by atoms with Crippen LogP contribution in [0.15, 0.2) is 54.7 Å². The van der Waals surface area contributed by atoms with Gasteiger partial charge in [-0.2, -0.15) is 0 Å². The molecule has 5 rings (SSSR count). The molecule has 1 N–H and O–H groups in total. The molecular formula is C24H22F3N5O. The lowest BCUT2D eigenvalue weighted by molar-refractivity contribution is -0.130. The van der Waals surface area contributed by atoms with Crippen molar-refractivity contribution < 1.29 is 18.0 Å². The molecule has 2 aromatic carbocycles. The van der Waals surface area contributed by atoms with Gasteiger partial charge in [0.25, 0.3) is 0 Å². The molecule has 1 aromatic heterocycles. The lowest BCUT2D eigenvalue weighted by atomic mass is 10.1. The zero-order chi connectivity index (χ0) is 22.9. The number of amides is 1. The van der Waals surface area contributed by atoms with Gasteiger partial charge in [-0.15, -0.1) is 0 Å². The third-order valence-corrected chi connectivity index (χ3v) is 5.81. The molecule has 0 radical (unpaired) electrons. The van der Waals surface area contributed by atoms with Crippen LogP contribution in [0.2, 0.25) is 0 Å². The number of benzene rings is 2. The van der Waals surface area contributed by atoms with Crippen molar-refractivity contribution in [2.45, 2.75) is 19.1 Å². The van der Waals surface area contributed by atoms with Crippen molar-refractivity contribution in [1.29, 1.82) is 0 Å². The van der Waals surface area contributed by atoms with Gasteiger partial charge in [-0.25, -0.2) is 18.2 Å². The Hall–Kier alpha value is -3.59. The SMILES string of the molecule is O=C(CN1CCC(F)C1)N1C=Cn2c(nc(-c3ccc(F)cc3)c2Nc2ccc(F)cc2)C1. The number of rotatable bonds is 5. The molecular weight excluding hydrogens is 431 g/mol. The number of aromatic nitrogens is 2. The van der Waals surface area contributed by atoms with Crippen molar-refractivity contribution >= 4 is 23.6 Å². The van der Waals surface area contributed by atoms with E-state index in [9.17, 15) is 18.0 Å². The van der Waals surface area contributed by atoms with Gasteiger partial charge in [-0.05, 0) is 55.0 Å². The summed E-state index contributed by atoms with van der Waals surface area (Å²) >= 11 is 0. The molecule has 1 saturated heterocycles. The first-order valence-corrected chi connectivity index (χ1v) is 10.7.